The van der Waals surface area contributed by atoms with Crippen LogP contribution in [-0.2, 0) is 21.4 Å². The number of ether oxygens (including phenoxy) is 1. The van der Waals surface area contributed by atoms with E-state index in [2.05, 4.69) is 6.07 Å². The molecule has 3 aromatic rings. The Bertz CT molecular complexity index is 2220. The minimum absolute atomic E-state index is 0.00775. The number of anilines is 1. The molecular formula is C39H35F6N3O6S. The van der Waals surface area contributed by atoms with Crippen LogP contribution < -0.4 is 9.64 Å². The van der Waals surface area contributed by atoms with Crippen LogP contribution in [0.25, 0.3) is 0 Å². The van der Waals surface area contributed by atoms with Crippen molar-refractivity contribution in [2.24, 2.45) is 11.8 Å². The molecule has 0 aliphatic heterocycles. The fraction of sp³-hybridized carbons (Fsp3) is 0.359. The van der Waals surface area contributed by atoms with Crippen LogP contribution in [0, 0.1) is 52.3 Å². The third kappa shape index (κ3) is 7.99. The Morgan fingerprint density at radius 1 is 0.873 bits per heavy atom. The maximum absolute atomic E-state index is 15.2. The van der Waals surface area contributed by atoms with Crippen molar-refractivity contribution in [1.29, 1.82) is 5.26 Å². The SMILES string of the molecule is CCOc1cc(C(=O)O)ccc1N(Cc1cc(C2CC2)cc(C2CC2)c1)C(=O)CN(CC1=CC=C(F)C(C)C1C#N)S(=O)(=O)c1c(F)c(F)c(F)c(F)c1F. The largest absolute Gasteiger partial charge is 0.492 e. The summed E-state index contributed by atoms with van der Waals surface area (Å²) in [6.45, 7) is 0.411. The number of carboxylic acid groups (broad SMARTS) is 1. The van der Waals surface area contributed by atoms with E-state index in [0.29, 0.717) is 17.4 Å². The first kappa shape index (κ1) is 39.6. The van der Waals surface area contributed by atoms with Gasteiger partial charge >= 0.3 is 5.97 Å². The summed E-state index contributed by atoms with van der Waals surface area (Å²) in [5.74, 6) is -18.1. The van der Waals surface area contributed by atoms with Gasteiger partial charge in [-0.15, -0.1) is 0 Å². The summed E-state index contributed by atoms with van der Waals surface area (Å²) in [5.41, 5.74) is 2.34. The van der Waals surface area contributed by atoms with Crippen LogP contribution in [0.15, 0.2) is 64.8 Å². The molecule has 0 aromatic heterocycles. The highest BCUT2D eigenvalue weighted by atomic mass is 32.2. The lowest BCUT2D eigenvalue weighted by molar-refractivity contribution is -0.119. The van der Waals surface area contributed by atoms with E-state index in [1.165, 1.54) is 19.1 Å². The second-order valence-corrected chi connectivity index (χ2v) is 15.7. The number of amides is 1. The van der Waals surface area contributed by atoms with Crippen molar-refractivity contribution < 1.29 is 54.2 Å². The first-order valence-corrected chi connectivity index (χ1v) is 18.9. The lowest BCUT2D eigenvalue weighted by atomic mass is 9.83. The first-order chi connectivity index (χ1) is 26.1. The molecule has 1 amide bonds. The summed E-state index contributed by atoms with van der Waals surface area (Å²) in [4.78, 5) is 25.4. The second-order valence-electron chi connectivity index (χ2n) is 13.8. The fourth-order valence-corrected chi connectivity index (χ4v) is 8.14. The highest BCUT2D eigenvalue weighted by Gasteiger charge is 2.41. The molecule has 3 aromatic carbocycles. The van der Waals surface area contributed by atoms with Crippen LogP contribution >= 0.6 is 0 Å². The van der Waals surface area contributed by atoms with Crippen LogP contribution in [0.2, 0.25) is 0 Å². The number of rotatable bonds is 14. The zero-order chi connectivity index (χ0) is 39.9. The molecule has 0 saturated heterocycles. The van der Waals surface area contributed by atoms with Crippen molar-refractivity contribution in [3.8, 4) is 11.8 Å². The standard InChI is InChI=1S/C39H35F6N3O6S/c1-3-54-31-15-24(39(50)51)9-11-30(31)48(17-21-12-26(22-4-5-22)14-27(13-21)23-6-7-23)32(49)19-47(18-25-8-10-29(40)20(2)28(25)16-46)55(52,53)38-36(44)34(42)33(41)35(43)37(38)45/h8-15,20,22-23,28H,3-7,17-19H2,1-2H3,(H,50,51). The van der Waals surface area contributed by atoms with E-state index in [9.17, 15) is 45.9 Å². The summed E-state index contributed by atoms with van der Waals surface area (Å²) in [7, 11) is -5.81. The number of aromatic carboxylic acids is 1. The normalized spacial score (nSPS) is 18.4. The molecule has 3 aliphatic carbocycles. The van der Waals surface area contributed by atoms with Gasteiger partial charge in [0.15, 0.2) is 28.2 Å². The predicted molar refractivity (Wildman–Crippen MR) is 187 cm³/mol. The van der Waals surface area contributed by atoms with E-state index in [1.807, 2.05) is 18.2 Å². The van der Waals surface area contributed by atoms with Gasteiger partial charge in [0.25, 0.3) is 0 Å². The number of allylic oxidation sites excluding steroid dienone is 3. The predicted octanol–water partition coefficient (Wildman–Crippen LogP) is 8.03. The van der Waals surface area contributed by atoms with Gasteiger partial charge in [0, 0.05) is 12.5 Å². The number of carbonyl (C=O) groups is 2. The van der Waals surface area contributed by atoms with Crippen LogP contribution in [0.5, 0.6) is 5.75 Å². The van der Waals surface area contributed by atoms with E-state index in [0.717, 1.165) is 59.9 Å². The summed E-state index contributed by atoms with van der Waals surface area (Å²) in [5, 5.41) is 19.6. The average Bonchev–Trinajstić information content (AvgIpc) is 4.08. The molecule has 16 heteroatoms. The highest BCUT2D eigenvalue weighted by Crippen LogP contribution is 2.46. The first-order valence-electron chi connectivity index (χ1n) is 17.5. The zero-order valence-electron chi connectivity index (χ0n) is 29.6. The van der Waals surface area contributed by atoms with Crippen molar-refractivity contribution >= 4 is 27.6 Å². The Morgan fingerprint density at radius 2 is 1.45 bits per heavy atom. The number of benzene rings is 3. The lowest BCUT2D eigenvalue weighted by Gasteiger charge is -2.31. The monoisotopic (exact) mass is 787 g/mol. The zero-order valence-corrected chi connectivity index (χ0v) is 30.4. The van der Waals surface area contributed by atoms with Gasteiger partial charge < -0.3 is 14.7 Å². The molecule has 6 rings (SSSR count). The number of sulfonamides is 1. The number of hydrogen-bond acceptors (Lipinski definition) is 6. The topological polar surface area (TPSA) is 128 Å². The van der Waals surface area contributed by atoms with Crippen molar-refractivity contribution in [1.82, 2.24) is 4.31 Å². The number of halogens is 6. The van der Waals surface area contributed by atoms with E-state index in [-0.39, 0.29) is 40.0 Å². The highest BCUT2D eigenvalue weighted by molar-refractivity contribution is 7.89. The van der Waals surface area contributed by atoms with Gasteiger partial charge in [0.1, 0.15) is 11.6 Å². The van der Waals surface area contributed by atoms with Gasteiger partial charge in [0.2, 0.25) is 21.7 Å². The fourth-order valence-electron chi connectivity index (χ4n) is 6.65. The molecule has 9 nitrogen and oxygen atoms in total. The maximum atomic E-state index is 15.2. The molecule has 3 aliphatic rings. The summed E-state index contributed by atoms with van der Waals surface area (Å²) >= 11 is 0. The summed E-state index contributed by atoms with van der Waals surface area (Å²) in [6, 6.07) is 11.4. The van der Waals surface area contributed by atoms with Gasteiger partial charge in [-0.25, -0.2) is 39.6 Å². The van der Waals surface area contributed by atoms with Crippen LogP contribution in [0.1, 0.15) is 78.4 Å². The molecule has 0 spiro atoms. The van der Waals surface area contributed by atoms with Crippen LogP contribution in [-0.4, -0.2) is 49.4 Å². The Morgan fingerprint density at radius 3 is 1.98 bits per heavy atom. The third-order valence-electron chi connectivity index (χ3n) is 9.94. The van der Waals surface area contributed by atoms with E-state index >= 15 is 8.78 Å². The maximum Gasteiger partial charge on any atom is 0.335 e. The van der Waals surface area contributed by atoms with Crippen molar-refractivity contribution in [3.05, 3.63) is 111 Å². The molecule has 55 heavy (non-hydrogen) atoms. The van der Waals surface area contributed by atoms with Crippen LogP contribution in [0.4, 0.5) is 32.0 Å². The van der Waals surface area contributed by atoms with Gasteiger partial charge in [0.05, 0.1) is 42.9 Å². The molecular weight excluding hydrogens is 752 g/mol. The minimum atomic E-state index is -5.81. The molecule has 1 N–H and O–H groups in total. The van der Waals surface area contributed by atoms with E-state index in [1.54, 1.807) is 6.92 Å². The van der Waals surface area contributed by atoms with E-state index in [4.69, 9.17) is 4.74 Å². The molecule has 2 unspecified atom stereocenters. The minimum Gasteiger partial charge on any atom is -0.492 e. The third-order valence-corrected chi connectivity index (χ3v) is 11.8. The smallest absolute Gasteiger partial charge is 0.335 e. The number of carbonyl (C=O) groups excluding carboxylic acids is 1. The molecule has 2 fully saturated rings. The molecule has 290 valence electrons. The van der Waals surface area contributed by atoms with Gasteiger partial charge in [-0.3, -0.25) is 4.79 Å². The lowest BCUT2D eigenvalue weighted by Crippen LogP contribution is -2.45. The quantitative estimate of drug-likeness (QED) is 0.0996. The van der Waals surface area contributed by atoms with Crippen LogP contribution in [0.3, 0.4) is 0 Å². The Hall–Kier alpha value is -5.14. The molecule has 0 radical (unpaired) electrons. The Balaban J connectivity index is 1.49. The van der Waals surface area contributed by atoms with Gasteiger partial charge in [-0.1, -0.05) is 31.2 Å². The molecule has 0 heterocycles. The Kier molecular flexibility index (Phi) is 11.2. The summed E-state index contributed by atoms with van der Waals surface area (Å²) < 4.78 is 122. The van der Waals surface area contributed by atoms with E-state index < -0.39 is 86.6 Å². The molecule has 2 atom stereocenters. The molecule has 0 bridgehead atoms. The van der Waals surface area contributed by atoms with Crippen molar-refractivity contribution in [3.63, 3.8) is 0 Å². The molecule has 2 saturated carbocycles. The van der Waals surface area contributed by atoms with Gasteiger partial charge in [-0.05, 0) is 91.0 Å². The number of nitrogens with zero attached hydrogens (tertiary/aromatic N) is 3. The van der Waals surface area contributed by atoms with Crippen molar-refractivity contribution in [2.45, 2.75) is 62.8 Å². The number of nitriles is 1. The van der Waals surface area contributed by atoms with Crippen molar-refractivity contribution in [2.75, 3.05) is 24.6 Å². The number of hydrogen-bond donors (Lipinski definition) is 1. The average molecular weight is 788 g/mol. The summed E-state index contributed by atoms with van der Waals surface area (Å²) in [6.07, 6.45) is 5.83. The number of carboxylic acids is 1. The van der Waals surface area contributed by atoms with Gasteiger partial charge in [-0.2, -0.15) is 9.57 Å². The second kappa shape index (κ2) is 15.5. The Labute approximate surface area is 313 Å².